The third-order valence-electron chi connectivity index (χ3n) is 4.22. The van der Waals surface area contributed by atoms with E-state index in [1.807, 2.05) is 0 Å². The van der Waals surface area contributed by atoms with E-state index in [9.17, 15) is 0 Å². The van der Waals surface area contributed by atoms with Crippen molar-refractivity contribution in [3.8, 4) is 0 Å². The lowest BCUT2D eigenvalue weighted by atomic mass is 9.85. The van der Waals surface area contributed by atoms with Gasteiger partial charge < -0.3 is 22.5 Å². The molecule has 124 valence electrons. The normalized spacial score (nSPS) is 12.2. The molecule has 0 aromatic heterocycles. The molecule has 4 heteroatoms. The number of hydrogen-bond acceptors (Lipinski definition) is 0. The summed E-state index contributed by atoms with van der Waals surface area (Å²) in [6.45, 7) is -0.662. The second kappa shape index (κ2) is 8.92. The number of halogens is 2. The molecule has 0 spiro atoms. The van der Waals surface area contributed by atoms with E-state index in [-0.39, 0.29) is 22.1 Å². The molecule has 0 saturated carbocycles. The van der Waals surface area contributed by atoms with E-state index < -0.39 is 6.77 Å². The highest BCUT2D eigenvalue weighted by Gasteiger charge is 2.43. The van der Waals surface area contributed by atoms with Crippen LogP contribution >= 0.6 is 22.3 Å². The average Bonchev–Trinajstić information content (AvgIpc) is 2.62. The molecule has 3 rings (SSSR count). The van der Waals surface area contributed by atoms with E-state index in [1.54, 1.807) is 0 Å². The molecule has 0 saturated heterocycles. The van der Waals surface area contributed by atoms with E-state index >= 15 is 0 Å². The zero-order chi connectivity index (χ0) is 16.1. The van der Waals surface area contributed by atoms with Gasteiger partial charge in [-0.2, -0.15) is 0 Å². The lowest BCUT2D eigenvalue weighted by molar-refractivity contribution is -0.157. The highest BCUT2D eigenvalue weighted by molar-refractivity contribution is 9.38. The number of quaternary nitrogens is 1. The predicted molar refractivity (Wildman–Crippen MR) is 103 cm³/mol. The summed E-state index contributed by atoms with van der Waals surface area (Å²) < 4.78 is 0. The van der Waals surface area contributed by atoms with E-state index in [4.69, 9.17) is 0 Å². The minimum atomic E-state index is -0.662. The third-order valence-corrected chi connectivity index (χ3v) is 7.54. The van der Waals surface area contributed by atoms with Crippen LogP contribution in [0.2, 0.25) is 0 Å². The van der Waals surface area contributed by atoms with Gasteiger partial charge in [0.15, 0.2) is 6.77 Å². The van der Waals surface area contributed by atoms with Gasteiger partial charge in [-0.15, -0.1) is 0 Å². The van der Waals surface area contributed by atoms with Crippen LogP contribution in [0, 0.1) is 0 Å². The molecular weight excluding hydrogens is 445 g/mol. The van der Waals surface area contributed by atoms with Crippen molar-refractivity contribution in [3.63, 3.8) is 0 Å². The first-order valence-electron chi connectivity index (χ1n) is 7.65. The monoisotopic (exact) mass is 463 g/mol. The topological polar surface area (TPSA) is 27.6 Å². The van der Waals surface area contributed by atoms with Crippen LogP contribution in [-0.2, 0) is 11.6 Å². The summed E-state index contributed by atoms with van der Waals surface area (Å²) in [6, 6.07) is 32.2. The Morgan fingerprint density at radius 3 is 1.46 bits per heavy atom. The van der Waals surface area contributed by atoms with Gasteiger partial charge in [0.2, 0.25) is 0 Å². The molecular formula is C20H20Br2NP. The van der Waals surface area contributed by atoms with E-state index in [2.05, 4.69) is 112 Å². The van der Waals surface area contributed by atoms with E-state index in [0.717, 1.165) is 6.42 Å². The smallest absolute Gasteiger partial charge is 0.186 e. The van der Waals surface area contributed by atoms with Crippen LogP contribution in [0.3, 0.4) is 0 Å². The minimum absolute atomic E-state index is 0. The predicted octanol–water partition coefficient (Wildman–Crippen LogP) is 2.13. The second-order valence-corrected chi connectivity index (χ2v) is 9.67. The summed E-state index contributed by atoms with van der Waals surface area (Å²) in [5.74, 6) is 0. The quantitative estimate of drug-likeness (QED) is 0.560. The summed E-state index contributed by atoms with van der Waals surface area (Å²) in [4.78, 5) is 0. The molecule has 0 amide bonds. The molecule has 1 atom stereocenters. The van der Waals surface area contributed by atoms with Gasteiger partial charge in [0.1, 0.15) is 5.16 Å². The Morgan fingerprint density at radius 2 is 1.08 bits per heavy atom. The number of rotatable bonds is 5. The van der Waals surface area contributed by atoms with Gasteiger partial charge in [-0.3, -0.25) is 0 Å². The third kappa shape index (κ3) is 3.97. The van der Waals surface area contributed by atoms with Crippen LogP contribution in [0.25, 0.3) is 0 Å². The van der Waals surface area contributed by atoms with Crippen LogP contribution in [-0.4, -0.2) is 0 Å². The molecule has 1 unspecified atom stereocenters. The highest BCUT2D eigenvalue weighted by atomic mass is 79.9. The number of hydrogen-bond donors (Lipinski definition) is 1. The molecule has 0 bridgehead atoms. The summed E-state index contributed by atoms with van der Waals surface area (Å²) in [7, 11) is 0. The van der Waals surface area contributed by atoms with Gasteiger partial charge in [0.05, 0.1) is 0 Å². The Kier molecular flexibility index (Phi) is 7.18. The largest absolute Gasteiger partial charge is 1.00 e. The van der Waals surface area contributed by atoms with Crippen LogP contribution < -0.4 is 22.5 Å². The molecule has 3 N–H and O–H groups in total. The van der Waals surface area contributed by atoms with Gasteiger partial charge in [0.25, 0.3) is 0 Å². The molecule has 1 nitrogen and oxygen atoms in total. The van der Waals surface area contributed by atoms with Crippen molar-refractivity contribution in [3.05, 3.63) is 108 Å². The molecule has 0 aliphatic carbocycles. The maximum absolute atomic E-state index is 4.44. The molecule has 0 radical (unpaired) electrons. The maximum atomic E-state index is 4.44. The lowest BCUT2D eigenvalue weighted by Crippen LogP contribution is -3.00. The molecule has 0 aliphatic rings. The molecule has 3 aromatic carbocycles. The molecule has 24 heavy (non-hydrogen) atoms. The fourth-order valence-electron chi connectivity index (χ4n) is 3.06. The van der Waals surface area contributed by atoms with Crippen LogP contribution in [0.5, 0.6) is 0 Å². The zero-order valence-corrected chi connectivity index (χ0v) is 17.3. The average molecular weight is 465 g/mol. The van der Waals surface area contributed by atoms with Gasteiger partial charge >= 0.3 is 0 Å². The lowest BCUT2D eigenvalue weighted by Gasteiger charge is -2.34. The number of benzene rings is 3. The molecule has 3 aromatic rings. The maximum Gasteiger partial charge on any atom is 0.186 e. The van der Waals surface area contributed by atoms with E-state index in [0.29, 0.717) is 0 Å². The SMILES string of the molecule is [Br-].[NH3+]P(Br)C(Cc1ccccc1)(c1ccccc1)c1ccccc1. The van der Waals surface area contributed by atoms with Gasteiger partial charge in [0, 0.05) is 15.5 Å². The summed E-state index contributed by atoms with van der Waals surface area (Å²) >= 11 is 3.88. The summed E-state index contributed by atoms with van der Waals surface area (Å²) in [6.07, 6.45) is 0.933. The molecule has 0 fully saturated rings. The Hall–Kier alpha value is -0.990. The van der Waals surface area contributed by atoms with Crippen molar-refractivity contribution in [1.29, 1.82) is 0 Å². The Morgan fingerprint density at radius 1 is 0.708 bits per heavy atom. The van der Waals surface area contributed by atoms with Crippen molar-refractivity contribution in [2.75, 3.05) is 0 Å². The summed E-state index contributed by atoms with van der Waals surface area (Å²) in [5.41, 5.74) is 8.40. The van der Waals surface area contributed by atoms with Crippen molar-refractivity contribution in [2.24, 2.45) is 0 Å². The first-order chi connectivity index (χ1) is 11.2. The van der Waals surface area contributed by atoms with Gasteiger partial charge in [-0.05, 0) is 23.1 Å². The van der Waals surface area contributed by atoms with Crippen molar-refractivity contribution in [2.45, 2.75) is 11.6 Å². The minimum Gasteiger partial charge on any atom is -1.00 e. The van der Waals surface area contributed by atoms with E-state index in [1.165, 1.54) is 16.7 Å². The molecule has 0 aliphatic heterocycles. The Balaban J connectivity index is 0.00000208. The molecule has 0 heterocycles. The fourth-order valence-corrected chi connectivity index (χ4v) is 5.87. The van der Waals surface area contributed by atoms with Gasteiger partial charge in [-0.1, -0.05) is 91.0 Å². The van der Waals surface area contributed by atoms with Crippen LogP contribution in [0.15, 0.2) is 91.0 Å². The van der Waals surface area contributed by atoms with Crippen LogP contribution in [0.4, 0.5) is 0 Å². The zero-order valence-electron chi connectivity index (χ0n) is 13.3. The Bertz CT molecular complexity index is 694. The second-order valence-electron chi connectivity index (χ2n) is 5.62. The highest BCUT2D eigenvalue weighted by Crippen LogP contribution is 2.59. The van der Waals surface area contributed by atoms with Crippen molar-refractivity contribution >= 4 is 22.3 Å². The van der Waals surface area contributed by atoms with Crippen molar-refractivity contribution < 1.29 is 22.5 Å². The fraction of sp³-hybridized carbons (Fsp3) is 0.100. The summed E-state index contributed by atoms with van der Waals surface area (Å²) in [5, 5.41) is -0.140. The standard InChI is InChI=1S/C20H19BrNP.BrH/c21-23(22)20(18-12-6-2-7-13-18,19-14-8-3-9-15-19)16-17-10-4-1-5-11-17;/h1-15H,16,22H2;1H. The van der Waals surface area contributed by atoms with Crippen molar-refractivity contribution in [1.82, 2.24) is 0 Å². The van der Waals surface area contributed by atoms with Gasteiger partial charge in [-0.25, -0.2) is 0 Å². The Labute approximate surface area is 163 Å². The first kappa shape index (κ1) is 19.3. The first-order valence-corrected chi connectivity index (χ1v) is 11.2. The van der Waals surface area contributed by atoms with Crippen LogP contribution in [0.1, 0.15) is 16.7 Å².